The molecule has 8 heteroatoms. The number of aromatic nitrogens is 5. The Morgan fingerprint density at radius 1 is 1.15 bits per heavy atom. The molecule has 134 valence electrons. The molecule has 1 amide bonds. The summed E-state index contributed by atoms with van der Waals surface area (Å²) >= 11 is 0. The second-order valence-electron chi connectivity index (χ2n) is 6.44. The molecule has 1 aliphatic heterocycles. The number of piperidine rings is 1. The van der Waals surface area contributed by atoms with Gasteiger partial charge in [0.15, 0.2) is 5.82 Å². The summed E-state index contributed by atoms with van der Waals surface area (Å²) in [7, 11) is 0. The van der Waals surface area contributed by atoms with Crippen molar-refractivity contribution in [2.75, 3.05) is 18.4 Å². The van der Waals surface area contributed by atoms with Crippen molar-refractivity contribution in [3.8, 4) is 0 Å². The number of amides is 1. The summed E-state index contributed by atoms with van der Waals surface area (Å²) in [4.78, 5) is 17.1. The average molecular weight is 351 g/mol. The Bertz CT molecular complexity index is 851. The largest absolute Gasteiger partial charge is 0.317 e. The monoisotopic (exact) mass is 351 g/mol. The van der Waals surface area contributed by atoms with E-state index < -0.39 is 5.54 Å². The highest BCUT2D eigenvalue weighted by Gasteiger charge is 2.42. The van der Waals surface area contributed by atoms with Gasteiger partial charge in [0, 0.05) is 37.1 Å². The van der Waals surface area contributed by atoms with Crippen molar-refractivity contribution < 1.29 is 4.79 Å². The predicted molar refractivity (Wildman–Crippen MR) is 96.5 cm³/mol. The standard InChI is InChI=1S/C18H21N7O/c26-17(18(5-10-20-11-6-18)25-12-1-7-21-25)22-16-4-13-24(23-16)14-15-2-8-19-9-3-15/h1-4,7-9,12-13,20H,5-6,10-11,14H2,(H,22,23,26). The summed E-state index contributed by atoms with van der Waals surface area (Å²) in [5, 5.41) is 15.1. The number of hydrogen-bond donors (Lipinski definition) is 2. The predicted octanol–water partition coefficient (Wildman–Crippen LogP) is 1.24. The van der Waals surface area contributed by atoms with Crippen LogP contribution in [0, 0.1) is 0 Å². The number of carbonyl (C=O) groups excluding carboxylic acids is 1. The molecule has 2 N–H and O–H groups in total. The number of nitrogens with zero attached hydrogens (tertiary/aromatic N) is 5. The van der Waals surface area contributed by atoms with Crippen LogP contribution in [0.2, 0.25) is 0 Å². The quantitative estimate of drug-likeness (QED) is 0.722. The van der Waals surface area contributed by atoms with Gasteiger partial charge in [0.05, 0.1) is 6.54 Å². The highest BCUT2D eigenvalue weighted by atomic mass is 16.2. The third kappa shape index (κ3) is 3.23. The molecule has 4 rings (SSSR count). The van der Waals surface area contributed by atoms with Gasteiger partial charge in [-0.2, -0.15) is 10.2 Å². The molecule has 0 unspecified atom stereocenters. The van der Waals surface area contributed by atoms with Crippen molar-refractivity contribution in [3.05, 3.63) is 60.8 Å². The molecule has 8 nitrogen and oxygen atoms in total. The van der Waals surface area contributed by atoms with Crippen LogP contribution in [0.1, 0.15) is 18.4 Å². The molecule has 3 aromatic rings. The van der Waals surface area contributed by atoms with Crippen LogP contribution >= 0.6 is 0 Å². The van der Waals surface area contributed by atoms with Gasteiger partial charge >= 0.3 is 0 Å². The van der Waals surface area contributed by atoms with E-state index in [9.17, 15) is 4.79 Å². The molecule has 1 saturated heterocycles. The Morgan fingerprint density at radius 2 is 1.96 bits per heavy atom. The molecular formula is C18H21N7O. The molecule has 1 aliphatic rings. The van der Waals surface area contributed by atoms with Crippen molar-refractivity contribution in [1.29, 1.82) is 0 Å². The van der Waals surface area contributed by atoms with Crippen LogP contribution in [0.3, 0.4) is 0 Å². The first kappa shape index (κ1) is 16.5. The van der Waals surface area contributed by atoms with Gasteiger partial charge in [-0.05, 0) is 49.7 Å². The zero-order chi connectivity index (χ0) is 17.8. The first-order valence-electron chi connectivity index (χ1n) is 8.71. The fraction of sp³-hybridized carbons (Fsp3) is 0.333. The van der Waals surface area contributed by atoms with Crippen molar-refractivity contribution in [2.24, 2.45) is 0 Å². The van der Waals surface area contributed by atoms with E-state index in [0.717, 1.165) is 18.7 Å². The van der Waals surface area contributed by atoms with Gasteiger partial charge in [-0.3, -0.25) is 19.1 Å². The van der Waals surface area contributed by atoms with Crippen molar-refractivity contribution in [3.63, 3.8) is 0 Å². The topological polar surface area (TPSA) is 89.7 Å². The number of rotatable bonds is 5. The molecule has 3 aromatic heterocycles. The minimum absolute atomic E-state index is 0.0724. The minimum atomic E-state index is -0.677. The number of anilines is 1. The van der Waals surface area contributed by atoms with Gasteiger partial charge in [-0.1, -0.05) is 0 Å². The number of hydrogen-bond acceptors (Lipinski definition) is 5. The van der Waals surface area contributed by atoms with Crippen LogP contribution in [-0.4, -0.2) is 43.5 Å². The van der Waals surface area contributed by atoms with Crippen molar-refractivity contribution in [2.45, 2.75) is 24.9 Å². The Kier molecular flexibility index (Phi) is 4.49. The van der Waals surface area contributed by atoms with E-state index in [-0.39, 0.29) is 5.91 Å². The lowest BCUT2D eigenvalue weighted by Crippen LogP contribution is -2.52. The van der Waals surface area contributed by atoms with E-state index >= 15 is 0 Å². The number of pyridine rings is 1. The first-order valence-corrected chi connectivity index (χ1v) is 8.71. The van der Waals surface area contributed by atoms with Crippen molar-refractivity contribution in [1.82, 2.24) is 29.9 Å². The first-order chi connectivity index (χ1) is 12.8. The maximum Gasteiger partial charge on any atom is 0.253 e. The lowest BCUT2D eigenvalue weighted by atomic mass is 9.87. The molecular weight excluding hydrogens is 330 g/mol. The second kappa shape index (κ2) is 7.09. The third-order valence-corrected chi connectivity index (χ3v) is 4.77. The highest BCUT2D eigenvalue weighted by molar-refractivity contribution is 5.96. The fourth-order valence-corrected chi connectivity index (χ4v) is 3.35. The second-order valence-corrected chi connectivity index (χ2v) is 6.44. The molecule has 0 bridgehead atoms. The molecule has 0 spiro atoms. The van der Waals surface area contributed by atoms with Gasteiger partial charge in [-0.25, -0.2) is 0 Å². The van der Waals surface area contributed by atoms with E-state index in [1.807, 2.05) is 36.7 Å². The van der Waals surface area contributed by atoms with Gasteiger partial charge in [0.25, 0.3) is 5.91 Å². The SMILES string of the molecule is O=C(Nc1ccn(Cc2ccncc2)n1)C1(n2cccn2)CCNCC1. The van der Waals surface area contributed by atoms with E-state index in [1.54, 1.807) is 28.0 Å². The van der Waals surface area contributed by atoms with Crippen molar-refractivity contribution >= 4 is 11.7 Å². The molecule has 0 radical (unpaired) electrons. The van der Waals surface area contributed by atoms with E-state index in [4.69, 9.17) is 0 Å². The maximum atomic E-state index is 13.1. The van der Waals surface area contributed by atoms with Crippen LogP contribution < -0.4 is 10.6 Å². The summed E-state index contributed by atoms with van der Waals surface area (Å²) in [5.41, 5.74) is 0.427. The van der Waals surface area contributed by atoms with Crippen LogP contribution in [0.25, 0.3) is 0 Å². The summed E-state index contributed by atoms with van der Waals surface area (Å²) < 4.78 is 3.57. The lowest BCUT2D eigenvalue weighted by molar-refractivity contribution is -0.126. The van der Waals surface area contributed by atoms with Crippen LogP contribution in [-0.2, 0) is 16.9 Å². The summed E-state index contributed by atoms with van der Waals surface area (Å²) in [6.07, 6.45) is 10.3. The van der Waals surface area contributed by atoms with Gasteiger partial charge in [0.2, 0.25) is 0 Å². The molecule has 26 heavy (non-hydrogen) atoms. The summed E-state index contributed by atoms with van der Waals surface area (Å²) in [5.74, 6) is 0.478. The van der Waals surface area contributed by atoms with E-state index in [1.165, 1.54) is 0 Å². The summed E-state index contributed by atoms with van der Waals surface area (Å²) in [6, 6.07) is 7.56. The smallest absolute Gasteiger partial charge is 0.253 e. The van der Waals surface area contributed by atoms with Gasteiger partial charge in [-0.15, -0.1) is 0 Å². The Labute approximate surface area is 151 Å². The molecule has 0 aliphatic carbocycles. The number of carbonyl (C=O) groups is 1. The normalized spacial score (nSPS) is 16.3. The molecule has 0 saturated carbocycles. The minimum Gasteiger partial charge on any atom is -0.317 e. The lowest BCUT2D eigenvalue weighted by Gasteiger charge is -2.36. The summed E-state index contributed by atoms with van der Waals surface area (Å²) in [6.45, 7) is 2.19. The molecule has 4 heterocycles. The number of nitrogens with one attached hydrogen (secondary N) is 2. The Hall–Kier alpha value is -3.00. The zero-order valence-corrected chi connectivity index (χ0v) is 14.4. The zero-order valence-electron chi connectivity index (χ0n) is 14.4. The maximum absolute atomic E-state index is 13.1. The van der Waals surface area contributed by atoms with Crippen LogP contribution in [0.5, 0.6) is 0 Å². The molecule has 0 atom stereocenters. The van der Waals surface area contributed by atoms with Crippen LogP contribution in [0.15, 0.2) is 55.2 Å². The highest BCUT2D eigenvalue weighted by Crippen LogP contribution is 2.28. The van der Waals surface area contributed by atoms with E-state index in [2.05, 4.69) is 25.8 Å². The van der Waals surface area contributed by atoms with E-state index in [0.29, 0.717) is 25.2 Å². The molecule has 1 fully saturated rings. The Balaban J connectivity index is 1.50. The van der Waals surface area contributed by atoms with Gasteiger partial charge < -0.3 is 10.6 Å². The fourth-order valence-electron chi connectivity index (χ4n) is 3.35. The third-order valence-electron chi connectivity index (χ3n) is 4.77. The average Bonchev–Trinajstić information content (AvgIpc) is 3.36. The Morgan fingerprint density at radius 3 is 2.69 bits per heavy atom. The van der Waals surface area contributed by atoms with Gasteiger partial charge in [0.1, 0.15) is 5.54 Å². The molecule has 0 aromatic carbocycles. The van der Waals surface area contributed by atoms with Crippen LogP contribution in [0.4, 0.5) is 5.82 Å².